The summed E-state index contributed by atoms with van der Waals surface area (Å²) in [6.07, 6.45) is 9.08. The average Bonchev–Trinajstić information content (AvgIpc) is 2.82. The summed E-state index contributed by atoms with van der Waals surface area (Å²) in [4.78, 5) is 13.3. The van der Waals surface area contributed by atoms with Crippen molar-refractivity contribution in [1.82, 2.24) is 4.90 Å². The van der Waals surface area contributed by atoms with Crippen LogP contribution in [0.4, 0.5) is 0 Å². The number of hydrogen-bond donors (Lipinski definition) is 0. The maximum atomic E-state index is 10.8. The van der Waals surface area contributed by atoms with Crippen LogP contribution in [0.15, 0.2) is 12.2 Å². The van der Waals surface area contributed by atoms with Gasteiger partial charge in [0.1, 0.15) is 0 Å². The summed E-state index contributed by atoms with van der Waals surface area (Å²) in [6.45, 7) is 2.85. The Balaban J connectivity index is 1.93. The van der Waals surface area contributed by atoms with Crippen molar-refractivity contribution in [2.45, 2.75) is 44.7 Å². The van der Waals surface area contributed by atoms with Crippen LogP contribution in [0.1, 0.15) is 32.6 Å². The smallest absolute Gasteiger partial charge is 0.152 e. The fourth-order valence-corrected chi connectivity index (χ4v) is 2.13. The Labute approximate surface area is 79.6 Å². The van der Waals surface area contributed by atoms with Crippen LogP contribution in [0.25, 0.3) is 0 Å². The van der Waals surface area contributed by atoms with Crippen molar-refractivity contribution in [1.29, 1.82) is 0 Å². The van der Waals surface area contributed by atoms with Crippen LogP contribution in [0, 0.1) is 0 Å². The fraction of sp³-hybridized carbons (Fsp3) is 0.727. The molecule has 0 aromatic rings. The van der Waals surface area contributed by atoms with Gasteiger partial charge in [-0.3, -0.25) is 9.69 Å². The van der Waals surface area contributed by atoms with Crippen molar-refractivity contribution >= 4 is 5.78 Å². The van der Waals surface area contributed by atoms with E-state index in [1.165, 1.54) is 32.2 Å². The third-order valence-electron chi connectivity index (χ3n) is 2.91. The molecule has 2 fully saturated rings. The van der Waals surface area contributed by atoms with E-state index in [-0.39, 0.29) is 5.78 Å². The normalized spacial score (nSPS) is 30.1. The predicted molar refractivity (Wildman–Crippen MR) is 52.6 cm³/mol. The summed E-state index contributed by atoms with van der Waals surface area (Å²) in [7, 11) is 0. The van der Waals surface area contributed by atoms with E-state index in [1.54, 1.807) is 13.0 Å². The number of nitrogens with zero attached hydrogens (tertiary/aromatic N) is 1. The first kappa shape index (κ1) is 8.95. The molecule has 0 aromatic heterocycles. The zero-order valence-electron chi connectivity index (χ0n) is 8.20. The fourth-order valence-electron chi connectivity index (χ4n) is 2.13. The van der Waals surface area contributed by atoms with E-state index in [0.717, 1.165) is 6.04 Å². The van der Waals surface area contributed by atoms with E-state index < -0.39 is 0 Å². The van der Waals surface area contributed by atoms with Gasteiger partial charge in [-0.05, 0) is 45.2 Å². The van der Waals surface area contributed by atoms with Gasteiger partial charge < -0.3 is 0 Å². The maximum absolute atomic E-state index is 10.8. The van der Waals surface area contributed by atoms with Gasteiger partial charge in [0, 0.05) is 12.1 Å². The zero-order chi connectivity index (χ0) is 9.26. The summed E-state index contributed by atoms with van der Waals surface area (Å²) >= 11 is 0. The Bertz CT molecular complexity index is 230. The van der Waals surface area contributed by atoms with E-state index in [1.807, 2.05) is 0 Å². The minimum Gasteiger partial charge on any atom is -0.295 e. The molecule has 0 amide bonds. The van der Waals surface area contributed by atoms with Crippen LogP contribution in [0.3, 0.4) is 0 Å². The monoisotopic (exact) mass is 179 g/mol. The third-order valence-corrected chi connectivity index (χ3v) is 2.91. The van der Waals surface area contributed by atoms with Crippen LogP contribution < -0.4 is 0 Å². The second kappa shape index (κ2) is 3.62. The highest BCUT2D eigenvalue weighted by Gasteiger charge is 2.35. The highest BCUT2D eigenvalue weighted by Crippen LogP contribution is 2.33. The van der Waals surface area contributed by atoms with Gasteiger partial charge in [-0.1, -0.05) is 6.08 Å². The van der Waals surface area contributed by atoms with E-state index in [4.69, 9.17) is 0 Å². The molecule has 0 aromatic carbocycles. The van der Waals surface area contributed by atoms with Crippen molar-refractivity contribution in [3.63, 3.8) is 0 Å². The second-order valence-corrected chi connectivity index (χ2v) is 4.15. The van der Waals surface area contributed by atoms with Gasteiger partial charge in [-0.15, -0.1) is 0 Å². The Morgan fingerprint density at radius 3 is 2.77 bits per heavy atom. The van der Waals surface area contributed by atoms with E-state index >= 15 is 0 Å². The molecule has 1 saturated carbocycles. The number of ketones is 1. The predicted octanol–water partition coefficient (Wildman–Crippen LogP) is 1.76. The van der Waals surface area contributed by atoms with Crippen molar-refractivity contribution in [3.05, 3.63) is 12.2 Å². The Morgan fingerprint density at radius 1 is 1.38 bits per heavy atom. The lowest BCUT2D eigenvalue weighted by molar-refractivity contribution is -0.112. The molecule has 0 spiro atoms. The lowest BCUT2D eigenvalue weighted by atomic mass is 10.2. The summed E-state index contributed by atoms with van der Waals surface area (Å²) in [5, 5.41) is 0. The molecule has 1 aliphatic heterocycles. The minimum absolute atomic E-state index is 0.169. The molecule has 2 aliphatic rings. The minimum atomic E-state index is 0.169. The molecule has 1 unspecified atom stereocenters. The van der Waals surface area contributed by atoms with Gasteiger partial charge >= 0.3 is 0 Å². The first-order chi connectivity index (χ1) is 6.27. The molecular weight excluding hydrogens is 162 g/mol. The SMILES string of the molecule is CC(=O)/C=C/C1CCCN1C1CC1. The van der Waals surface area contributed by atoms with E-state index in [2.05, 4.69) is 11.0 Å². The van der Waals surface area contributed by atoms with Gasteiger partial charge in [0.25, 0.3) is 0 Å². The number of carbonyl (C=O) groups excluding carboxylic acids is 1. The summed E-state index contributed by atoms with van der Waals surface area (Å²) in [5.41, 5.74) is 0. The standard InChI is InChI=1S/C11H17NO/c1-9(13)4-5-10-3-2-8-12(10)11-6-7-11/h4-5,10-11H,2-3,6-8H2,1H3/b5-4+. The number of likely N-dealkylation sites (tertiary alicyclic amines) is 1. The molecular formula is C11H17NO. The number of rotatable bonds is 3. The third kappa shape index (κ3) is 2.19. The molecule has 1 saturated heterocycles. The number of carbonyl (C=O) groups is 1. The molecule has 72 valence electrons. The molecule has 2 rings (SSSR count). The summed E-state index contributed by atoms with van der Waals surface area (Å²) in [5.74, 6) is 0.169. The van der Waals surface area contributed by atoms with Gasteiger partial charge in [-0.2, -0.15) is 0 Å². The summed E-state index contributed by atoms with van der Waals surface area (Å²) < 4.78 is 0. The first-order valence-corrected chi connectivity index (χ1v) is 5.22. The second-order valence-electron chi connectivity index (χ2n) is 4.15. The van der Waals surface area contributed by atoms with Crippen LogP contribution >= 0.6 is 0 Å². The van der Waals surface area contributed by atoms with Crippen LogP contribution in [0.5, 0.6) is 0 Å². The molecule has 0 radical (unpaired) electrons. The zero-order valence-corrected chi connectivity index (χ0v) is 8.20. The topological polar surface area (TPSA) is 20.3 Å². The number of hydrogen-bond acceptors (Lipinski definition) is 2. The Hall–Kier alpha value is -0.630. The molecule has 1 aliphatic carbocycles. The van der Waals surface area contributed by atoms with Crippen LogP contribution in [-0.2, 0) is 4.79 Å². The maximum Gasteiger partial charge on any atom is 0.152 e. The van der Waals surface area contributed by atoms with Crippen molar-refractivity contribution in [2.75, 3.05) is 6.54 Å². The van der Waals surface area contributed by atoms with Gasteiger partial charge in [0.2, 0.25) is 0 Å². The van der Waals surface area contributed by atoms with Crippen molar-refractivity contribution < 1.29 is 4.79 Å². The van der Waals surface area contributed by atoms with Gasteiger partial charge in [0.05, 0.1) is 0 Å². The van der Waals surface area contributed by atoms with Gasteiger partial charge in [0.15, 0.2) is 5.78 Å². The molecule has 2 nitrogen and oxygen atoms in total. The molecule has 0 bridgehead atoms. The highest BCUT2D eigenvalue weighted by atomic mass is 16.1. The largest absolute Gasteiger partial charge is 0.295 e. The van der Waals surface area contributed by atoms with Crippen LogP contribution in [-0.4, -0.2) is 29.3 Å². The summed E-state index contributed by atoms with van der Waals surface area (Å²) in [6, 6.07) is 1.39. The quantitative estimate of drug-likeness (QED) is 0.615. The molecule has 0 N–H and O–H groups in total. The average molecular weight is 179 g/mol. The van der Waals surface area contributed by atoms with Crippen LogP contribution in [0.2, 0.25) is 0 Å². The first-order valence-electron chi connectivity index (χ1n) is 5.22. The highest BCUT2D eigenvalue weighted by molar-refractivity contribution is 5.87. The van der Waals surface area contributed by atoms with Crippen molar-refractivity contribution in [3.8, 4) is 0 Å². The molecule has 2 heteroatoms. The number of allylic oxidation sites excluding steroid dienone is 1. The van der Waals surface area contributed by atoms with E-state index in [9.17, 15) is 4.79 Å². The van der Waals surface area contributed by atoms with Gasteiger partial charge in [-0.25, -0.2) is 0 Å². The lowest BCUT2D eigenvalue weighted by Crippen LogP contribution is -2.29. The molecule has 1 heterocycles. The van der Waals surface area contributed by atoms with E-state index in [0.29, 0.717) is 6.04 Å². The lowest BCUT2D eigenvalue weighted by Gasteiger charge is -2.20. The Morgan fingerprint density at radius 2 is 2.15 bits per heavy atom. The van der Waals surface area contributed by atoms with Crippen molar-refractivity contribution in [2.24, 2.45) is 0 Å². The molecule has 1 atom stereocenters. The molecule has 13 heavy (non-hydrogen) atoms. The Kier molecular flexibility index (Phi) is 2.49.